The number of anilines is 1. The van der Waals surface area contributed by atoms with E-state index in [2.05, 4.69) is 5.32 Å². The van der Waals surface area contributed by atoms with E-state index in [0.717, 1.165) is 5.56 Å². The molecular weight excluding hydrogens is 311 g/mol. The monoisotopic (exact) mass is 328 g/mol. The van der Waals surface area contributed by atoms with E-state index in [1.165, 1.54) is 4.90 Å². The van der Waals surface area contributed by atoms with Crippen LogP contribution in [-0.4, -0.2) is 23.4 Å². The highest BCUT2D eigenvalue weighted by molar-refractivity contribution is 6.36. The second-order valence-electron chi connectivity index (χ2n) is 5.77. The third-order valence-corrected chi connectivity index (χ3v) is 4.39. The van der Waals surface area contributed by atoms with E-state index >= 15 is 0 Å². The Labute approximate surface area is 134 Å². The first-order valence-corrected chi connectivity index (χ1v) is 7.56. The molecule has 1 aliphatic heterocycles. The second-order valence-corrected chi connectivity index (χ2v) is 6.58. The van der Waals surface area contributed by atoms with Gasteiger partial charge in [0.2, 0.25) is 5.91 Å². The molecular formula is C15H18Cl2N2O2. The van der Waals surface area contributed by atoms with Crippen molar-refractivity contribution in [2.75, 3.05) is 4.90 Å². The Morgan fingerprint density at radius 3 is 2.43 bits per heavy atom. The molecule has 0 aromatic heterocycles. The molecule has 1 aromatic rings. The van der Waals surface area contributed by atoms with E-state index in [0.29, 0.717) is 22.2 Å². The van der Waals surface area contributed by atoms with Crippen LogP contribution in [0.4, 0.5) is 5.69 Å². The summed E-state index contributed by atoms with van der Waals surface area (Å²) < 4.78 is 0. The summed E-state index contributed by atoms with van der Waals surface area (Å²) in [7, 11) is 0. The molecule has 0 spiro atoms. The van der Waals surface area contributed by atoms with Crippen LogP contribution >= 0.6 is 23.2 Å². The predicted octanol–water partition coefficient (Wildman–Crippen LogP) is 3.32. The van der Waals surface area contributed by atoms with E-state index in [-0.39, 0.29) is 11.8 Å². The minimum absolute atomic E-state index is 0.185. The van der Waals surface area contributed by atoms with Gasteiger partial charge in [0.15, 0.2) is 0 Å². The summed E-state index contributed by atoms with van der Waals surface area (Å²) in [4.78, 5) is 26.4. The van der Waals surface area contributed by atoms with Crippen LogP contribution in [-0.2, 0) is 9.59 Å². The number of carbonyl (C=O) groups is 2. The summed E-state index contributed by atoms with van der Waals surface area (Å²) in [6, 6.07) is 2.77. The van der Waals surface area contributed by atoms with Crippen LogP contribution in [0.1, 0.15) is 32.8 Å². The van der Waals surface area contributed by atoms with Crippen molar-refractivity contribution >= 4 is 40.7 Å². The Kier molecular flexibility index (Phi) is 4.22. The topological polar surface area (TPSA) is 49.4 Å². The number of benzene rings is 1. The number of amides is 2. The van der Waals surface area contributed by atoms with Crippen molar-refractivity contribution in [2.45, 2.75) is 45.7 Å². The predicted molar refractivity (Wildman–Crippen MR) is 85.0 cm³/mol. The minimum atomic E-state index is -0.969. The molecule has 114 valence electrons. The maximum Gasteiger partial charge on any atom is 0.252 e. The number of carbonyl (C=O) groups excluding carboxylic acids is 2. The number of piperazine rings is 1. The van der Waals surface area contributed by atoms with Gasteiger partial charge in [0.25, 0.3) is 5.91 Å². The van der Waals surface area contributed by atoms with Gasteiger partial charge in [-0.15, -0.1) is 0 Å². The lowest BCUT2D eigenvalue weighted by Gasteiger charge is -2.42. The molecule has 1 heterocycles. The van der Waals surface area contributed by atoms with Crippen LogP contribution in [0.25, 0.3) is 0 Å². The highest BCUT2D eigenvalue weighted by Crippen LogP contribution is 2.36. The third-order valence-electron chi connectivity index (χ3n) is 3.68. The number of hydrogen-bond acceptors (Lipinski definition) is 2. The zero-order valence-corrected chi connectivity index (χ0v) is 14.0. The second kappa shape index (κ2) is 5.50. The van der Waals surface area contributed by atoms with Crippen molar-refractivity contribution in [3.8, 4) is 0 Å². The van der Waals surface area contributed by atoms with Gasteiger partial charge in [-0.05, 0) is 44.9 Å². The molecule has 4 nitrogen and oxygen atoms in total. The highest BCUT2D eigenvalue weighted by Gasteiger charge is 2.45. The minimum Gasteiger partial charge on any atom is -0.340 e. The van der Waals surface area contributed by atoms with Crippen molar-refractivity contribution in [1.82, 2.24) is 5.32 Å². The van der Waals surface area contributed by atoms with Crippen molar-refractivity contribution < 1.29 is 9.59 Å². The normalized spacial score (nSPS) is 21.4. The smallest absolute Gasteiger partial charge is 0.252 e. The molecule has 1 N–H and O–H groups in total. The van der Waals surface area contributed by atoms with Gasteiger partial charge >= 0.3 is 0 Å². The maximum atomic E-state index is 12.7. The molecule has 1 atom stereocenters. The summed E-state index contributed by atoms with van der Waals surface area (Å²) in [5.74, 6) is -0.384. The van der Waals surface area contributed by atoms with Crippen molar-refractivity contribution in [2.24, 2.45) is 0 Å². The summed E-state index contributed by atoms with van der Waals surface area (Å²) in [5.41, 5.74) is 0.336. The first-order chi connectivity index (χ1) is 9.69. The van der Waals surface area contributed by atoms with Crippen molar-refractivity contribution in [1.29, 1.82) is 0 Å². The number of rotatable bonds is 2. The molecule has 2 rings (SSSR count). The van der Waals surface area contributed by atoms with Crippen molar-refractivity contribution in [3.05, 3.63) is 27.7 Å². The van der Waals surface area contributed by atoms with Crippen LogP contribution in [0.2, 0.25) is 10.0 Å². The Hall–Kier alpha value is -1.26. The Morgan fingerprint density at radius 2 is 1.86 bits per heavy atom. The molecule has 1 saturated heterocycles. The number of aryl methyl sites for hydroxylation is 1. The lowest BCUT2D eigenvalue weighted by molar-refractivity contribution is -0.137. The summed E-state index contributed by atoms with van der Waals surface area (Å²) in [6.07, 6.45) is 0.496. The van der Waals surface area contributed by atoms with Gasteiger partial charge in [-0.2, -0.15) is 0 Å². The number of nitrogens with zero attached hydrogens (tertiary/aromatic N) is 1. The molecule has 1 fully saturated rings. The standard InChI is InChI=1S/C15H18Cl2N2O2/c1-5-11-13(20)18-15(3,4)14(21)19(11)12-7-9(16)8(2)6-10(12)17/h6-7,11H,5H2,1-4H3,(H,18,20). The molecule has 2 amide bonds. The van der Waals surface area contributed by atoms with E-state index < -0.39 is 11.6 Å². The Balaban J connectivity index is 2.59. The molecule has 1 aliphatic rings. The van der Waals surface area contributed by atoms with Crippen LogP contribution in [0.15, 0.2) is 12.1 Å². The van der Waals surface area contributed by atoms with Gasteiger partial charge in [0.05, 0.1) is 10.7 Å². The molecule has 21 heavy (non-hydrogen) atoms. The average molecular weight is 329 g/mol. The lowest BCUT2D eigenvalue weighted by Crippen LogP contribution is -2.68. The van der Waals surface area contributed by atoms with Gasteiger partial charge < -0.3 is 5.32 Å². The first-order valence-electron chi connectivity index (χ1n) is 6.80. The summed E-state index contributed by atoms with van der Waals surface area (Å²) in [6.45, 7) is 7.04. The summed E-state index contributed by atoms with van der Waals surface area (Å²) in [5, 5.41) is 3.67. The molecule has 6 heteroatoms. The molecule has 0 radical (unpaired) electrons. The van der Waals surface area contributed by atoms with Crippen molar-refractivity contribution in [3.63, 3.8) is 0 Å². The van der Waals surface area contributed by atoms with Crippen LogP contribution in [0.5, 0.6) is 0 Å². The largest absolute Gasteiger partial charge is 0.340 e. The fraction of sp³-hybridized carbons (Fsp3) is 0.467. The zero-order valence-electron chi connectivity index (χ0n) is 12.5. The first kappa shape index (κ1) is 16.1. The van der Waals surface area contributed by atoms with Crippen LogP contribution in [0.3, 0.4) is 0 Å². The third kappa shape index (κ3) is 2.74. The van der Waals surface area contributed by atoms with Gasteiger partial charge in [-0.3, -0.25) is 14.5 Å². The zero-order chi connectivity index (χ0) is 15.9. The van der Waals surface area contributed by atoms with E-state index in [1.807, 2.05) is 13.8 Å². The summed E-state index contributed by atoms with van der Waals surface area (Å²) >= 11 is 12.4. The maximum absolute atomic E-state index is 12.7. The average Bonchev–Trinajstić information content (AvgIpc) is 2.38. The quantitative estimate of drug-likeness (QED) is 0.905. The van der Waals surface area contributed by atoms with E-state index in [9.17, 15) is 9.59 Å². The lowest BCUT2D eigenvalue weighted by atomic mass is 9.95. The fourth-order valence-corrected chi connectivity index (χ4v) is 2.94. The number of halogens is 2. The van der Waals surface area contributed by atoms with Crippen LogP contribution < -0.4 is 10.2 Å². The Morgan fingerprint density at radius 1 is 1.24 bits per heavy atom. The molecule has 1 aromatic carbocycles. The van der Waals surface area contributed by atoms with E-state index in [4.69, 9.17) is 23.2 Å². The fourth-order valence-electron chi connectivity index (χ4n) is 2.47. The van der Waals surface area contributed by atoms with Gasteiger partial charge in [0, 0.05) is 5.02 Å². The van der Waals surface area contributed by atoms with E-state index in [1.54, 1.807) is 26.0 Å². The van der Waals surface area contributed by atoms with Gasteiger partial charge in [0.1, 0.15) is 11.6 Å². The van der Waals surface area contributed by atoms with Gasteiger partial charge in [-0.1, -0.05) is 30.1 Å². The SMILES string of the molecule is CCC1C(=O)NC(C)(C)C(=O)N1c1cc(Cl)c(C)cc1Cl. The molecule has 0 saturated carbocycles. The molecule has 0 aliphatic carbocycles. The van der Waals surface area contributed by atoms with Crippen LogP contribution in [0, 0.1) is 6.92 Å². The van der Waals surface area contributed by atoms with Gasteiger partial charge in [-0.25, -0.2) is 0 Å². The number of hydrogen-bond donors (Lipinski definition) is 1. The molecule has 0 bridgehead atoms. The Bertz CT molecular complexity index is 614. The number of nitrogens with one attached hydrogen (secondary N) is 1. The highest BCUT2D eigenvalue weighted by atomic mass is 35.5. The molecule has 1 unspecified atom stereocenters.